The lowest BCUT2D eigenvalue weighted by atomic mass is 9.96. The Balaban J connectivity index is 1.38. The van der Waals surface area contributed by atoms with Crippen LogP contribution in [0.15, 0.2) is 29.3 Å². The van der Waals surface area contributed by atoms with E-state index in [4.69, 9.17) is 9.84 Å². The minimum Gasteiger partial charge on any atom is -0.375 e. The minimum absolute atomic E-state index is 0.00182. The van der Waals surface area contributed by atoms with Crippen molar-refractivity contribution < 1.29 is 14.3 Å². The third-order valence-electron chi connectivity index (χ3n) is 5.73. The van der Waals surface area contributed by atoms with Crippen LogP contribution in [0.3, 0.4) is 0 Å². The van der Waals surface area contributed by atoms with E-state index < -0.39 is 0 Å². The molecular formula is C22H28N4O3S. The van der Waals surface area contributed by atoms with Crippen molar-refractivity contribution in [1.82, 2.24) is 9.78 Å². The van der Waals surface area contributed by atoms with Gasteiger partial charge in [-0.05, 0) is 50.5 Å². The van der Waals surface area contributed by atoms with Crippen LogP contribution < -0.4 is 10.6 Å². The monoisotopic (exact) mass is 428 g/mol. The number of carbonyl (C=O) groups is 2. The SMILES string of the molecule is COCC(=O)Nc1ccc(NC(=O)C2Cc3c(C)nn(C4CCCCC4)c3S2)cc1. The van der Waals surface area contributed by atoms with Crippen molar-refractivity contribution in [2.75, 3.05) is 24.4 Å². The van der Waals surface area contributed by atoms with Gasteiger partial charge in [0.15, 0.2) is 0 Å². The number of rotatable bonds is 6. The molecule has 1 aliphatic heterocycles. The second-order valence-corrected chi connectivity index (χ2v) is 9.16. The highest BCUT2D eigenvalue weighted by molar-refractivity contribution is 8.00. The summed E-state index contributed by atoms with van der Waals surface area (Å²) in [7, 11) is 1.48. The fourth-order valence-corrected chi connectivity index (χ4v) is 5.55. The Morgan fingerprint density at radius 1 is 1.13 bits per heavy atom. The van der Waals surface area contributed by atoms with Crippen LogP contribution >= 0.6 is 11.8 Å². The molecule has 8 heteroatoms. The first-order chi connectivity index (χ1) is 14.5. The van der Waals surface area contributed by atoms with Gasteiger partial charge in [0.05, 0.1) is 22.0 Å². The van der Waals surface area contributed by atoms with E-state index in [1.54, 1.807) is 36.0 Å². The summed E-state index contributed by atoms with van der Waals surface area (Å²) in [5.74, 6) is -0.209. The summed E-state index contributed by atoms with van der Waals surface area (Å²) < 4.78 is 7.00. The first-order valence-corrected chi connectivity index (χ1v) is 11.4. The van der Waals surface area contributed by atoms with Gasteiger partial charge in [-0.15, -0.1) is 0 Å². The molecule has 1 unspecified atom stereocenters. The number of thioether (sulfide) groups is 1. The first-order valence-electron chi connectivity index (χ1n) is 10.5. The molecule has 0 radical (unpaired) electrons. The van der Waals surface area contributed by atoms with Gasteiger partial charge in [-0.2, -0.15) is 5.10 Å². The fraction of sp³-hybridized carbons (Fsp3) is 0.500. The first kappa shape index (κ1) is 20.9. The number of aromatic nitrogens is 2. The van der Waals surface area contributed by atoms with Gasteiger partial charge in [-0.1, -0.05) is 31.0 Å². The average molecular weight is 429 g/mol. The van der Waals surface area contributed by atoms with E-state index in [9.17, 15) is 9.59 Å². The number of fused-ring (bicyclic) bond motifs is 1. The number of methoxy groups -OCH3 is 1. The number of nitrogens with one attached hydrogen (secondary N) is 2. The van der Waals surface area contributed by atoms with Crippen LogP contribution in [0, 0.1) is 6.92 Å². The molecule has 1 aliphatic carbocycles. The molecular weight excluding hydrogens is 400 g/mol. The van der Waals surface area contributed by atoms with Crippen LogP contribution in [0.4, 0.5) is 11.4 Å². The van der Waals surface area contributed by atoms with Crippen LogP contribution in [0.2, 0.25) is 0 Å². The van der Waals surface area contributed by atoms with Crippen molar-refractivity contribution in [1.29, 1.82) is 0 Å². The number of nitrogens with zero attached hydrogens (tertiary/aromatic N) is 2. The molecule has 0 bridgehead atoms. The molecule has 2 heterocycles. The third kappa shape index (κ3) is 4.54. The molecule has 160 valence electrons. The highest BCUT2D eigenvalue weighted by atomic mass is 32.2. The van der Waals surface area contributed by atoms with Gasteiger partial charge >= 0.3 is 0 Å². The predicted octanol–water partition coefficient (Wildman–Crippen LogP) is 3.94. The number of ether oxygens (including phenoxy) is 1. The van der Waals surface area contributed by atoms with Gasteiger partial charge in [-0.3, -0.25) is 14.3 Å². The van der Waals surface area contributed by atoms with E-state index in [0.29, 0.717) is 17.4 Å². The molecule has 2 aromatic rings. The van der Waals surface area contributed by atoms with Crippen molar-refractivity contribution in [2.24, 2.45) is 0 Å². The summed E-state index contributed by atoms with van der Waals surface area (Å²) in [5.41, 5.74) is 3.66. The molecule has 0 spiro atoms. The quantitative estimate of drug-likeness (QED) is 0.728. The van der Waals surface area contributed by atoms with Gasteiger partial charge in [-0.25, -0.2) is 0 Å². The third-order valence-corrected chi connectivity index (χ3v) is 7.05. The number of hydrogen-bond donors (Lipinski definition) is 2. The molecule has 1 saturated carbocycles. The van der Waals surface area contributed by atoms with Crippen LogP contribution in [0.25, 0.3) is 0 Å². The van der Waals surface area contributed by atoms with E-state index in [2.05, 4.69) is 22.2 Å². The molecule has 1 aromatic heterocycles. The smallest absolute Gasteiger partial charge is 0.250 e. The summed E-state index contributed by atoms with van der Waals surface area (Å²) in [5, 5.41) is 11.6. The Kier molecular flexibility index (Phi) is 6.43. The summed E-state index contributed by atoms with van der Waals surface area (Å²) >= 11 is 1.64. The van der Waals surface area contributed by atoms with E-state index in [1.165, 1.54) is 49.8 Å². The average Bonchev–Trinajstić information content (AvgIpc) is 3.31. The number of hydrogen-bond acceptors (Lipinski definition) is 5. The van der Waals surface area contributed by atoms with Gasteiger partial charge in [0.1, 0.15) is 6.61 Å². The van der Waals surface area contributed by atoms with Gasteiger partial charge < -0.3 is 15.4 Å². The zero-order valence-corrected chi connectivity index (χ0v) is 18.3. The Hall–Kier alpha value is -2.32. The van der Waals surface area contributed by atoms with Gasteiger partial charge in [0.25, 0.3) is 0 Å². The van der Waals surface area contributed by atoms with Gasteiger partial charge in [0.2, 0.25) is 11.8 Å². The molecule has 2 aliphatic rings. The Bertz CT molecular complexity index is 919. The predicted molar refractivity (Wildman–Crippen MR) is 118 cm³/mol. The standard InChI is InChI=1S/C22H28N4O3S/c1-14-18-12-19(30-22(18)26(25-14)17-6-4-3-5-7-17)21(28)24-16-10-8-15(9-11-16)23-20(27)13-29-2/h8-11,17,19H,3-7,12-13H2,1-2H3,(H,23,27)(H,24,28). The molecule has 2 N–H and O–H groups in total. The minimum atomic E-state index is -0.211. The second-order valence-electron chi connectivity index (χ2n) is 7.96. The largest absolute Gasteiger partial charge is 0.375 e. The van der Waals surface area contributed by atoms with Crippen molar-refractivity contribution in [3.63, 3.8) is 0 Å². The van der Waals surface area contributed by atoms with Crippen molar-refractivity contribution >= 4 is 35.0 Å². The molecule has 1 fully saturated rings. The molecule has 2 amide bonds. The normalized spacial score (nSPS) is 18.8. The molecule has 30 heavy (non-hydrogen) atoms. The molecule has 0 saturated heterocycles. The zero-order chi connectivity index (χ0) is 21.1. The van der Waals surface area contributed by atoms with Crippen molar-refractivity contribution in [3.05, 3.63) is 35.5 Å². The maximum Gasteiger partial charge on any atom is 0.250 e. The lowest BCUT2D eigenvalue weighted by Gasteiger charge is -2.23. The highest BCUT2D eigenvalue weighted by Gasteiger charge is 2.35. The maximum absolute atomic E-state index is 12.9. The van der Waals surface area contributed by atoms with E-state index in [0.717, 1.165) is 12.1 Å². The lowest BCUT2D eigenvalue weighted by molar-refractivity contribution is -0.119. The Labute approximate surface area is 180 Å². The molecule has 1 atom stereocenters. The molecule has 1 aromatic carbocycles. The number of aryl methyl sites for hydroxylation is 1. The molecule has 7 nitrogen and oxygen atoms in total. The van der Waals surface area contributed by atoms with Crippen LogP contribution in [-0.4, -0.2) is 40.6 Å². The molecule has 4 rings (SSSR count). The summed E-state index contributed by atoms with van der Waals surface area (Å²) in [6, 6.07) is 7.59. The van der Waals surface area contributed by atoms with E-state index >= 15 is 0 Å². The Morgan fingerprint density at radius 3 is 2.47 bits per heavy atom. The number of anilines is 2. The summed E-state index contributed by atoms with van der Waals surface area (Å²) in [6.07, 6.45) is 6.90. The van der Waals surface area contributed by atoms with Crippen LogP contribution in [-0.2, 0) is 20.7 Å². The van der Waals surface area contributed by atoms with E-state index in [-0.39, 0.29) is 23.7 Å². The van der Waals surface area contributed by atoms with Crippen LogP contribution in [0.1, 0.15) is 49.4 Å². The summed E-state index contributed by atoms with van der Waals surface area (Å²) in [6.45, 7) is 2.06. The van der Waals surface area contributed by atoms with Crippen LogP contribution in [0.5, 0.6) is 0 Å². The summed E-state index contributed by atoms with van der Waals surface area (Å²) in [4.78, 5) is 24.5. The van der Waals surface area contributed by atoms with E-state index in [1.807, 2.05) is 0 Å². The van der Waals surface area contributed by atoms with Crippen molar-refractivity contribution in [3.8, 4) is 0 Å². The number of amides is 2. The zero-order valence-electron chi connectivity index (χ0n) is 17.4. The number of carbonyl (C=O) groups excluding carboxylic acids is 2. The van der Waals surface area contributed by atoms with Gasteiger partial charge in [0, 0.05) is 24.0 Å². The topological polar surface area (TPSA) is 85.2 Å². The fourth-order valence-electron chi connectivity index (χ4n) is 4.19. The Morgan fingerprint density at radius 2 is 1.80 bits per heavy atom. The maximum atomic E-state index is 12.9. The highest BCUT2D eigenvalue weighted by Crippen LogP contribution is 2.42. The number of benzene rings is 1. The second kappa shape index (κ2) is 9.22. The lowest BCUT2D eigenvalue weighted by Crippen LogP contribution is -2.25. The van der Waals surface area contributed by atoms with Crippen molar-refractivity contribution in [2.45, 2.75) is 61.8 Å².